The van der Waals surface area contributed by atoms with Crippen molar-refractivity contribution < 1.29 is 13.2 Å². The Morgan fingerprint density at radius 1 is 1.25 bits per heavy atom. The van der Waals surface area contributed by atoms with E-state index in [0.29, 0.717) is 13.0 Å². The van der Waals surface area contributed by atoms with E-state index in [0.717, 1.165) is 20.1 Å². The van der Waals surface area contributed by atoms with Crippen LogP contribution in [0.5, 0.6) is 0 Å². The molecule has 2 aromatic heterocycles. The minimum atomic E-state index is -3.83. The highest BCUT2D eigenvalue weighted by Crippen LogP contribution is 2.25. The van der Waals surface area contributed by atoms with Gasteiger partial charge in [-0.2, -0.15) is 4.72 Å². The number of hydrogen-bond donors (Lipinski definition) is 2. The van der Waals surface area contributed by atoms with Crippen molar-refractivity contribution in [3.05, 3.63) is 45.6 Å². The van der Waals surface area contributed by atoms with Crippen molar-refractivity contribution in [2.24, 2.45) is 5.92 Å². The number of aromatic nitrogens is 1. The second-order valence-corrected chi connectivity index (χ2v) is 10.9. The van der Waals surface area contributed by atoms with Crippen molar-refractivity contribution in [3.63, 3.8) is 0 Å². The maximum atomic E-state index is 12.9. The summed E-state index contributed by atoms with van der Waals surface area (Å²) in [6.45, 7) is 6.19. The maximum absolute atomic E-state index is 12.9. The van der Waals surface area contributed by atoms with Crippen molar-refractivity contribution >= 4 is 48.8 Å². The van der Waals surface area contributed by atoms with Crippen molar-refractivity contribution in [2.45, 2.75) is 44.7 Å². The summed E-state index contributed by atoms with van der Waals surface area (Å²) in [4.78, 5) is 18.2. The van der Waals surface area contributed by atoms with E-state index in [1.165, 1.54) is 17.4 Å². The van der Waals surface area contributed by atoms with Gasteiger partial charge in [-0.1, -0.05) is 19.9 Å². The third-order valence-electron chi connectivity index (χ3n) is 4.12. The van der Waals surface area contributed by atoms with Gasteiger partial charge in [0, 0.05) is 4.88 Å². The summed E-state index contributed by atoms with van der Waals surface area (Å²) in [6, 6.07) is 7.85. The van der Waals surface area contributed by atoms with Crippen molar-refractivity contribution in [2.75, 3.05) is 0 Å². The molecule has 0 saturated carbocycles. The molecular formula is C19H23N3O3S3. The van der Waals surface area contributed by atoms with E-state index in [2.05, 4.69) is 15.0 Å². The van der Waals surface area contributed by atoms with E-state index in [9.17, 15) is 13.2 Å². The Kier molecular flexibility index (Phi) is 6.49. The van der Waals surface area contributed by atoms with Gasteiger partial charge in [0.05, 0.1) is 26.7 Å². The molecule has 9 heteroatoms. The summed E-state index contributed by atoms with van der Waals surface area (Å²) < 4.78 is 29.2. The quantitative estimate of drug-likeness (QED) is 0.563. The molecule has 2 N–H and O–H groups in total. The van der Waals surface area contributed by atoms with Gasteiger partial charge in [-0.05, 0) is 48.9 Å². The zero-order valence-electron chi connectivity index (χ0n) is 15.9. The number of aryl methyl sites for hydroxylation is 1. The van der Waals surface area contributed by atoms with Gasteiger partial charge in [0.1, 0.15) is 6.04 Å². The van der Waals surface area contributed by atoms with Crippen molar-refractivity contribution in [3.8, 4) is 0 Å². The molecule has 28 heavy (non-hydrogen) atoms. The Bertz CT molecular complexity index is 1060. The van der Waals surface area contributed by atoms with E-state index >= 15 is 0 Å². The van der Waals surface area contributed by atoms with Gasteiger partial charge in [-0.25, -0.2) is 13.4 Å². The molecule has 1 atom stereocenters. The van der Waals surface area contributed by atoms with Crippen LogP contribution in [0.2, 0.25) is 0 Å². The fourth-order valence-corrected chi connectivity index (χ4v) is 5.65. The zero-order chi connectivity index (χ0) is 20.3. The molecule has 1 amide bonds. The highest BCUT2D eigenvalue weighted by atomic mass is 32.2. The van der Waals surface area contributed by atoms with Crippen LogP contribution in [-0.2, 0) is 21.4 Å². The maximum Gasteiger partial charge on any atom is 0.241 e. The Labute approximate surface area is 173 Å². The normalized spacial score (nSPS) is 13.1. The van der Waals surface area contributed by atoms with Gasteiger partial charge in [0.15, 0.2) is 0 Å². The summed E-state index contributed by atoms with van der Waals surface area (Å²) >= 11 is 2.99. The van der Waals surface area contributed by atoms with Gasteiger partial charge in [0.2, 0.25) is 15.9 Å². The van der Waals surface area contributed by atoms with Crippen molar-refractivity contribution in [1.82, 2.24) is 15.0 Å². The lowest BCUT2D eigenvalue weighted by Gasteiger charge is -2.20. The van der Waals surface area contributed by atoms with E-state index in [-0.39, 0.29) is 16.7 Å². The van der Waals surface area contributed by atoms with Gasteiger partial charge in [-0.15, -0.1) is 22.7 Å². The monoisotopic (exact) mass is 437 g/mol. The van der Waals surface area contributed by atoms with Crippen LogP contribution in [0.4, 0.5) is 0 Å². The molecule has 3 aromatic rings. The zero-order valence-corrected chi connectivity index (χ0v) is 18.4. The predicted molar refractivity (Wildman–Crippen MR) is 114 cm³/mol. The van der Waals surface area contributed by atoms with Crippen LogP contribution in [0, 0.1) is 12.8 Å². The summed E-state index contributed by atoms with van der Waals surface area (Å²) in [5.41, 5.74) is 0.772. The first-order chi connectivity index (χ1) is 13.2. The molecule has 0 radical (unpaired) electrons. The number of carbonyl (C=O) groups is 1. The van der Waals surface area contributed by atoms with Crippen molar-refractivity contribution in [1.29, 1.82) is 0 Å². The Balaban J connectivity index is 1.78. The van der Waals surface area contributed by atoms with Crippen LogP contribution in [0.3, 0.4) is 0 Å². The molecule has 0 aliphatic heterocycles. The predicted octanol–water partition coefficient (Wildman–Crippen LogP) is 3.68. The highest BCUT2D eigenvalue weighted by Gasteiger charge is 2.26. The van der Waals surface area contributed by atoms with Crippen LogP contribution in [-0.4, -0.2) is 25.4 Å². The third-order valence-corrected chi connectivity index (χ3v) is 7.39. The SMILES string of the molecule is Cc1nc2ccc(S(=O)(=O)N[C@H](CC(C)C)C(=O)NCc3cccs3)cc2s1. The molecule has 0 spiro atoms. The average molecular weight is 438 g/mol. The molecular weight excluding hydrogens is 414 g/mol. The summed E-state index contributed by atoms with van der Waals surface area (Å²) in [7, 11) is -3.83. The number of fused-ring (bicyclic) bond motifs is 1. The minimum Gasteiger partial charge on any atom is -0.350 e. The number of benzene rings is 1. The fourth-order valence-electron chi connectivity index (χ4n) is 2.83. The number of thiazole rings is 1. The van der Waals surface area contributed by atoms with E-state index < -0.39 is 16.1 Å². The van der Waals surface area contributed by atoms with Crippen LogP contribution in [0.1, 0.15) is 30.2 Å². The Hall–Kier alpha value is -1.81. The lowest BCUT2D eigenvalue weighted by atomic mass is 10.0. The van der Waals surface area contributed by atoms with E-state index in [1.54, 1.807) is 23.5 Å². The first-order valence-electron chi connectivity index (χ1n) is 8.94. The van der Waals surface area contributed by atoms with E-state index in [1.807, 2.05) is 38.3 Å². The molecule has 3 rings (SSSR count). The number of nitrogens with one attached hydrogen (secondary N) is 2. The Morgan fingerprint density at radius 2 is 2.04 bits per heavy atom. The molecule has 2 heterocycles. The smallest absolute Gasteiger partial charge is 0.241 e. The van der Waals surface area contributed by atoms with Gasteiger partial charge in [-0.3, -0.25) is 4.79 Å². The second kappa shape index (κ2) is 8.69. The van der Waals surface area contributed by atoms with Crippen LogP contribution >= 0.6 is 22.7 Å². The van der Waals surface area contributed by atoms with Gasteiger partial charge < -0.3 is 5.32 Å². The Morgan fingerprint density at radius 3 is 2.71 bits per heavy atom. The first kappa shape index (κ1) is 20.9. The molecule has 0 fully saturated rings. The number of rotatable bonds is 8. The number of nitrogens with zero attached hydrogens (tertiary/aromatic N) is 1. The topological polar surface area (TPSA) is 88.2 Å². The van der Waals surface area contributed by atoms with Gasteiger partial charge >= 0.3 is 0 Å². The third kappa shape index (κ3) is 5.16. The minimum absolute atomic E-state index is 0.142. The fraction of sp³-hybridized carbons (Fsp3) is 0.368. The molecule has 1 aromatic carbocycles. The second-order valence-electron chi connectivity index (χ2n) is 6.96. The molecule has 0 saturated heterocycles. The van der Waals surface area contributed by atoms with Crippen LogP contribution in [0.15, 0.2) is 40.6 Å². The first-order valence-corrected chi connectivity index (χ1v) is 12.1. The largest absolute Gasteiger partial charge is 0.350 e. The average Bonchev–Trinajstić information content (AvgIpc) is 3.25. The number of hydrogen-bond acceptors (Lipinski definition) is 6. The number of sulfonamides is 1. The molecule has 0 aliphatic carbocycles. The molecule has 0 unspecified atom stereocenters. The summed E-state index contributed by atoms with van der Waals surface area (Å²) in [5.74, 6) is -0.160. The number of thiophene rings is 1. The standard InChI is InChI=1S/C19H23N3O3S3/c1-12(2)9-17(19(23)20-11-14-5-4-8-26-14)22-28(24,25)15-6-7-16-18(10-15)27-13(3)21-16/h4-8,10,12,17,22H,9,11H2,1-3H3,(H,20,23)/t17-/m1/s1. The molecule has 0 aliphatic rings. The summed E-state index contributed by atoms with van der Waals surface area (Å²) in [6.07, 6.45) is 0.414. The van der Waals surface area contributed by atoms with Gasteiger partial charge in [0.25, 0.3) is 0 Å². The van der Waals surface area contributed by atoms with Crippen LogP contribution < -0.4 is 10.0 Å². The van der Waals surface area contributed by atoms with Crippen LogP contribution in [0.25, 0.3) is 10.2 Å². The lowest BCUT2D eigenvalue weighted by Crippen LogP contribution is -2.47. The summed E-state index contributed by atoms with van der Waals surface area (Å²) in [5, 5.41) is 5.65. The number of carbonyl (C=O) groups excluding carboxylic acids is 1. The lowest BCUT2D eigenvalue weighted by molar-refractivity contribution is -0.123. The van der Waals surface area contributed by atoms with E-state index in [4.69, 9.17) is 0 Å². The number of amides is 1. The highest BCUT2D eigenvalue weighted by molar-refractivity contribution is 7.89. The molecule has 0 bridgehead atoms. The molecule has 6 nitrogen and oxygen atoms in total. The molecule has 150 valence electrons.